The molecule has 0 aliphatic rings. The van der Waals surface area contributed by atoms with Gasteiger partial charge >= 0.3 is 0 Å². The molecule has 1 amide bonds. The molecular weight excluding hydrogens is 508 g/mol. The van der Waals surface area contributed by atoms with E-state index >= 15 is 0 Å². The Kier molecular flexibility index (Phi) is 10.1. The lowest BCUT2D eigenvalue weighted by Gasteiger charge is -2.24. The van der Waals surface area contributed by atoms with Gasteiger partial charge in [-0.05, 0) is 55.6 Å². The van der Waals surface area contributed by atoms with Crippen LogP contribution < -0.4 is 4.90 Å². The van der Waals surface area contributed by atoms with Crippen LogP contribution in [0.15, 0.2) is 47.4 Å². The average molecular weight is 535 g/mol. The summed E-state index contributed by atoms with van der Waals surface area (Å²) in [7, 11) is -3.64. The number of halogens is 3. The second-order valence-electron chi connectivity index (χ2n) is 7.20. The predicted octanol–water partition coefficient (Wildman–Crippen LogP) is 5.05. The molecule has 33 heavy (non-hydrogen) atoms. The van der Waals surface area contributed by atoms with Gasteiger partial charge in [-0.2, -0.15) is 0 Å². The topological polar surface area (TPSA) is 70.6 Å². The number of carbonyl (C=O) groups excluding carboxylic acids is 1. The fourth-order valence-corrected chi connectivity index (χ4v) is 5.62. The second-order valence-corrected chi connectivity index (χ2v) is 10.8. The number of hydrogen-bond donors (Lipinski definition) is 0. The Hall–Kier alpha value is -1.78. The maximum absolute atomic E-state index is 13.6. The first-order valence-corrected chi connectivity index (χ1v) is 13.1. The number of benzene rings is 2. The van der Waals surface area contributed by atoms with Crippen molar-refractivity contribution in [1.82, 2.24) is 9.88 Å². The summed E-state index contributed by atoms with van der Waals surface area (Å²) < 4.78 is 39.6. The number of hydrogen-bond acceptors (Lipinski definition) is 6. The summed E-state index contributed by atoms with van der Waals surface area (Å²) in [5, 5.41) is 0.876. The minimum Gasteiger partial charge on any atom is -0.302 e. The number of amides is 1. The number of sulfone groups is 1. The van der Waals surface area contributed by atoms with E-state index in [2.05, 4.69) is 9.88 Å². The van der Waals surface area contributed by atoms with Gasteiger partial charge in [0.2, 0.25) is 5.91 Å². The Morgan fingerprint density at radius 1 is 1.09 bits per heavy atom. The Balaban J connectivity index is 0.00000385. The van der Waals surface area contributed by atoms with Crippen molar-refractivity contribution >= 4 is 66.4 Å². The fraction of sp³-hybridized carbons (Fsp3) is 0.364. The van der Waals surface area contributed by atoms with Crippen LogP contribution in [0.5, 0.6) is 0 Å². The lowest BCUT2D eigenvalue weighted by Crippen LogP contribution is -2.39. The van der Waals surface area contributed by atoms with Crippen LogP contribution in [0.25, 0.3) is 10.2 Å². The Labute approximate surface area is 208 Å². The number of likely N-dealkylation sites (N-methyl/N-ethyl adjacent to an activating group) is 1. The predicted molar refractivity (Wildman–Crippen MR) is 135 cm³/mol. The highest BCUT2D eigenvalue weighted by molar-refractivity contribution is 7.91. The van der Waals surface area contributed by atoms with Gasteiger partial charge in [0, 0.05) is 24.5 Å². The van der Waals surface area contributed by atoms with Crippen molar-refractivity contribution in [2.75, 3.05) is 36.8 Å². The first-order chi connectivity index (χ1) is 15.2. The van der Waals surface area contributed by atoms with Gasteiger partial charge in [0.15, 0.2) is 15.0 Å². The lowest BCUT2D eigenvalue weighted by molar-refractivity contribution is -0.118. The molecule has 2 aromatic carbocycles. The minimum absolute atomic E-state index is 0. The quantitative estimate of drug-likeness (QED) is 0.364. The van der Waals surface area contributed by atoms with E-state index in [9.17, 15) is 17.6 Å². The number of nitrogens with zero attached hydrogens (tertiary/aromatic N) is 3. The number of fused-ring (bicyclic) bond motifs is 1. The summed E-state index contributed by atoms with van der Waals surface area (Å²) in [6.45, 7) is 6.71. The minimum atomic E-state index is -3.64. The molecule has 0 aliphatic carbocycles. The van der Waals surface area contributed by atoms with E-state index in [1.54, 1.807) is 6.07 Å². The van der Waals surface area contributed by atoms with Gasteiger partial charge in [-0.1, -0.05) is 36.8 Å². The lowest BCUT2D eigenvalue weighted by atomic mass is 10.3. The fourth-order valence-electron chi connectivity index (χ4n) is 3.23. The molecule has 6 nitrogen and oxygen atoms in total. The van der Waals surface area contributed by atoms with Crippen LogP contribution >= 0.6 is 35.3 Å². The second kappa shape index (κ2) is 12.1. The van der Waals surface area contributed by atoms with Crippen LogP contribution in [-0.2, 0) is 14.6 Å². The number of thiazole rings is 1. The Morgan fingerprint density at radius 2 is 1.76 bits per heavy atom. The molecule has 0 fully saturated rings. The Bertz CT molecular complexity index is 1180. The summed E-state index contributed by atoms with van der Waals surface area (Å²) in [6.07, 6.45) is -0.187. The molecule has 11 heteroatoms. The summed E-state index contributed by atoms with van der Waals surface area (Å²) in [5.74, 6) is -1.04. The number of rotatable bonds is 10. The molecule has 0 radical (unpaired) electrons. The van der Waals surface area contributed by atoms with Crippen molar-refractivity contribution in [2.45, 2.75) is 25.2 Å². The van der Waals surface area contributed by atoms with Crippen LogP contribution in [0.2, 0.25) is 5.02 Å². The summed E-state index contributed by atoms with van der Waals surface area (Å²) in [6, 6.07) is 10.2. The van der Waals surface area contributed by atoms with Crippen LogP contribution in [0.3, 0.4) is 0 Å². The van der Waals surface area contributed by atoms with Gasteiger partial charge in [0.1, 0.15) is 5.82 Å². The van der Waals surface area contributed by atoms with Crippen molar-refractivity contribution < 1.29 is 17.6 Å². The number of anilines is 1. The van der Waals surface area contributed by atoms with Crippen LogP contribution in [0.1, 0.15) is 20.3 Å². The van der Waals surface area contributed by atoms with Crippen molar-refractivity contribution in [3.05, 3.63) is 53.3 Å². The van der Waals surface area contributed by atoms with E-state index in [0.717, 1.165) is 13.1 Å². The third-order valence-corrected chi connectivity index (χ3v) is 8.19. The van der Waals surface area contributed by atoms with E-state index in [-0.39, 0.29) is 41.2 Å². The molecule has 0 saturated heterocycles. The monoisotopic (exact) mass is 533 g/mol. The highest BCUT2D eigenvalue weighted by Gasteiger charge is 2.23. The zero-order valence-electron chi connectivity index (χ0n) is 18.3. The molecule has 0 spiro atoms. The zero-order chi connectivity index (χ0) is 23.3. The van der Waals surface area contributed by atoms with Crippen molar-refractivity contribution in [1.29, 1.82) is 0 Å². The molecule has 0 aliphatic heterocycles. The number of carbonyl (C=O) groups is 1. The van der Waals surface area contributed by atoms with Gasteiger partial charge < -0.3 is 4.90 Å². The summed E-state index contributed by atoms with van der Waals surface area (Å²) in [5.41, 5.74) is 0.598. The standard InChI is InChI=1S/C22H25ClFN3O3S2.ClH/c1-3-26(4-2)12-13-27(22-25-19-10-7-17(24)15-20(19)31-22)21(28)11-14-32(29,30)18-8-5-16(23)6-9-18;/h5-10,15H,3-4,11-14H2,1-2H3;1H. The first kappa shape index (κ1) is 27.5. The summed E-state index contributed by atoms with van der Waals surface area (Å²) >= 11 is 7.05. The zero-order valence-corrected chi connectivity index (χ0v) is 21.5. The van der Waals surface area contributed by atoms with Crippen molar-refractivity contribution in [2.24, 2.45) is 0 Å². The van der Waals surface area contributed by atoms with Gasteiger partial charge in [-0.25, -0.2) is 17.8 Å². The third-order valence-electron chi connectivity index (χ3n) is 5.16. The average Bonchev–Trinajstić information content (AvgIpc) is 3.18. The molecule has 0 bridgehead atoms. The largest absolute Gasteiger partial charge is 0.302 e. The molecule has 0 unspecified atom stereocenters. The maximum Gasteiger partial charge on any atom is 0.229 e. The molecule has 180 valence electrons. The molecule has 3 aromatic rings. The van der Waals surface area contributed by atoms with Crippen LogP contribution in [0, 0.1) is 5.82 Å². The first-order valence-electron chi connectivity index (χ1n) is 10.3. The highest BCUT2D eigenvalue weighted by Crippen LogP contribution is 2.30. The van der Waals surface area contributed by atoms with Gasteiger partial charge in [-0.15, -0.1) is 12.4 Å². The smallest absolute Gasteiger partial charge is 0.229 e. The van der Waals surface area contributed by atoms with Gasteiger partial charge in [-0.3, -0.25) is 9.69 Å². The SMILES string of the molecule is CCN(CC)CCN(C(=O)CCS(=O)(=O)c1ccc(Cl)cc1)c1nc2ccc(F)cc2s1.Cl. The maximum atomic E-state index is 13.6. The molecular formula is C22H26Cl2FN3O3S2. The number of aromatic nitrogens is 1. The van der Waals surface area contributed by atoms with E-state index in [0.29, 0.717) is 33.5 Å². The molecule has 1 heterocycles. The Morgan fingerprint density at radius 3 is 2.39 bits per heavy atom. The van der Waals surface area contributed by atoms with E-state index in [1.165, 1.54) is 52.6 Å². The molecule has 0 N–H and O–H groups in total. The summed E-state index contributed by atoms with van der Waals surface area (Å²) in [4.78, 5) is 21.4. The molecule has 1 aromatic heterocycles. The van der Waals surface area contributed by atoms with E-state index in [1.807, 2.05) is 13.8 Å². The molecule has 0 atom stereocenters. The van der Waals surface area contributed by atoms with Crippen molar-refractivity contribution in [3.8, 4) is 0 Å². The van der Waals surface area contributed by atoms with Crippen LogP contribution in [0.4, 0.5) is 9.52 Å². The third kappa shape index (κ3) is 7.10. The van der Waals surface area contributed by atoms with Gasteiger partial charge in [0.05, 0.1) is 20.9 Å². The van der Waals surface area contributed by atoms with Crippen molar-refractivity contribution in [3.63, 3.8) is 0 Å². The highest BCUT2D eigenvalue weighted by atomic mass is 35.5. The van der Waals surface area contributed by atoms with E-state index < -0.39 is 9.84 Å². The molecule has 3 rings (SSSR count). The van der Waals surface area contributed by atoms with Gasteiger partial charge in [0.25, 0.3) is 0 Å². The van der Waals surface area contributed by atoms with Crippen LogP contribution in [-0.4, -0.2) is 56.1 Å². The molecule has 0 saturated carbocycles. The van der Waals surface area contributed by atoms with E-state index in [4.69, 9.17) is 11.6 Å². The normalized spacial score (nSPS) is 11.5.